The van der Waals surface area contributed by atoms with Crippen LogP contribution < -0.4 is 16.8 Å². The number of rotatable bonds is 3. The molecule has 2 aromatic rings. The number of nitrogens with one attached hydrogen (secondary N) is 1. The Morgan fingerprint density at radius 3 is 2.80 bits per heavy atom. The molecule has 0 saturated heterocycles. The zero-order chi connectivity index (χ0) is 14.7. The second-order valence-corrected chi connectivity index (χ2v) is 4.88. The van der Waals surface area contributed by atoms with Crippen LogP contribution in [0.25, 0.3) is 0 Å². The number of hydrogen-bond acceptors (Lipinski definition) is 5. The summed E-state index contributed by atoms with van der Waals surface area (Å²) in [5.74, 6) is 4.61. The molecule has 2 aromatic heterocycles. The minimum Gasteiger partial charge on any atom is -0.292 e. The lowest BCUT2D eigenvalue weighted by Gasteiger charge is -2.07. The Labute approximate surface area is 123 Å². The van der Waals surface area contributed by atoms with E-state index in [0.717, 1.165) is 0 Å². The third-order valence-electron chi connectivity index (χ3n) is 2.71. The summed E-state index contributed by atoms with van der Waals surface area (Å²) in [5, 5.41) is 0. The van der Waals surface area contributed by atoms with Crippen LogP contribution in [0, 0.1) is 6.92 Å². The first-order valence-electron chi connectivity index (χ1n) is 5.70. The Morgan fingerprint density at radius 1 is 1.45 bits per heavy atom. The van der Waals surface area contributed by atoms with E-state index in [4.69, 9.17) is 5.84 Å². The van der Waals surface area contributed by atoms with Gasteiger partial charge in [0.05, 0.1) is 29.8 Å². The highest BCUT2D eigenvalue weighted by Gasteiger charge is 2.08. The van der Waals surface area contributed by atoms with Crippen LogP contribution in [0.3, 0.4) is 0 Å². The number of nitrogens with zero attached hydrogens (tertiary/aromatic N) is 3. The van der Waals surface area contributed by atoms with E-state index in [0.29, 0.717) is 21.4 Å². The molecule has 0 spiro atoms. The van der Waals surface area contributed by atoms with Crippen molar-refractivity contribution in [1.29, 1.82) is 0 Å². The lowest BCUT2D eigenvalue weighted by Crippen LogP contribution is -2.30. The maximum Gasteiger partial charge on any atom is 0.268 e. The van der Waals surface area contributed by atoms with Gasteiger partial charge in [-0.2, -0.15) is 0 Å². The zero-order valence-electron chi connectivity index (χ0n) is 10.6. The molecule has 3 N–H and O–H groups in total. The molecule has 2 heterocycles. The summed E-state index contributed by atoms with van der Waals surface area (Å²) in [6.45, 7) is 2.02. The number of pyridine rings is 1. The van der Waals surface area contributed by atoms with Crippen molar-refractivity contribution in [1.82, 2.24) is 20.0 Å². The number of nitrogens with two attached hydrogens (primary N) is 1. The highest BCUT2D eigenvalue weighted by atomic mass is 79.9. The van der Waals surface area contributed by atoms with Crippen molar-refractivity contribution in [3.63, 3.8) is 0 Å². The maximum absolute atomic E-state index is 12.0. The van der Waals surface area contributed by atoms with Crippen molar-refractivity contribution in [2.75, 3.05) is 0 Å². The number of nitrogen functional groups attached to an aromatic ring is 1. The molecule has 0 aromatic carbocycles. The van der Waals surface area contributed by atoms with E-state index in [1.165, 1.54) is 17.1 Å². The van der Waals surface area contributed by atoms with Crippen LogP contribution in [0.1, 0.15) is 21.7 Å². The predicted octanol–water partition coefficient (Wildman–Crippen LogP) is 0.361. The van der Waals surface area contributed by atoms with Crippen molar-refractivity contribution in [2.45, 2.75) is 13.5 Å². The van der Waals surface area contributed by atoms with Gasteiger partial charge in [-0.25, -0.2) is 10.8 Å². The summed E-state index contributed by atoms with van der Waals surface area (Å²) in [6, 6.07) is 3.25. The van der Waals surface area contributed by atoms with Crippen molar-refractivity contribution >= 4 is 21.8 Å². The highest BCUT2D eigenvalue weighted by Crippen LogP contribution is 2.07. The summed E-state index contributed by atoms with van der Waals surface area (Å²) in [7, 11) is 0. The molecule has 0 unspecified atom stereocenters. The third kappa shape index (κ3) is 2.91. The van der Waals surface area contributed by atoms with Gasteiger partial charge in [-0.3, -0.25) is 24.6 Å². The lowest BCUT2D eigenvalue weighted by atomic mass is 10.2. The SMILES string of the molecule is Cc1ncn(Cc2ccc(C(=O)NN)cn2)c(=O)c1Br. The van der Waals surface area contributed by atoms with Crippen LogP contribution in [0.2, 0.25) is 0 Å². The number of carbonyl (C=O) groups excluding carboxylic acids is 1. The molecule has 0 atom stereocenters. The molecule has 20 heavy (non-hydrogen) atoms. The predicted molar refractivity (Wildman–Crippen MR) is 75.9 cm³/mol. The molecule has 104 valence electrons. The van der Waals surface area contributed by atoms with Crippen molar-refractivity contribution in [3.05, 3.63) is 56.4 Å². The van der Waals surface area contributed by atoms with Gasteiger partial charge < -0.3 is 0 Å². The average molecular weight is 338 g/mol. The molecule has 8 heteroatoms. The maximum atomic E-state index is 12.0. The third-order valence-corrected chi connectivity index (χ3v) is 3.62. The van der Waals surface area contributed by atoms with E-state index in [2.05, 4.69) is 25.9 Å². The number of halogens is 1. The summed E-state index contributed by atoms with van der Waals surface area (Å²) in [4.78, 5) is 31.5. The summed E-state index contributed by atoms with van der Waals surface area (Å²) < 4.78 is 1.86. The Morgan fingerprint density at radius 2 is 2.20 bits per heavy atom. The fourth-order valence-electron chi connectivity index (χ4n) is 1.57. The van der Waals surface area contributed by atoms with Crippen molar-refractivity contribution < 1.29 is 4.79 Å². The van der Waals surface area contributed by atoms with Gasteiger partial charge in [0.2, 0.25) is 0 Å². The fourth-order valence-corrected chi connectivity index (χ4v) is 1.90. The lowest BCUT2D eigenvalue weighted by molar-refractivity contribution is 0.0953. The van der Waals surface area contributed by atoms with E-state index in [9.17, 15) is 9.59 Å². The minimum atomic E-state index is -0.416. The smallest absolute Gasteiger partial charge is 0.268 e. The van der Waals surface area contributed by atoms with Gasteiger partial charge in [-0.1, -0.05) is 0 Å². The molecule has 7 nitrogen and oxygen atoms in total. The topological polar surface area (TPSA) is 103 Å². The number of hydrazine groups is 1. The van der Waals surface area contributed by atoms with E-state index in [1.54, 1.807) is 19.1 Å². The Balaban J connectivity index is 2.25. The molecular weight excluding hydrogens is 326 g/mol. The van der Waals surface area contributed by atoms with E-state index in [-0.39, 0.29) is 12.1 Å². The van der Waals surface area contributed by atoms with Crippen LogP contribution in [0.4, 0.5) is 0 Å². The highest BCUT2D eigenvalue weighted by molar-refractivity contribution is 9.10. The minimum absolute atomic E-state index is 0.178. The Hall–Kier alpha value is -2.06. The molecule has 0 aliphatic carbocycles. The van der Waals surface area contributed by atoms with Crippen LogP contribution in [0.5, 0.6) is 0 Å². The van der Waals surface area contributed by atoms with E-state index < -0.39 is 5.91 Å². The Kier molecular flexibility index (Phi) is 4.26. The summed E-state index contributed by atoms with van der Waals surface area (Å²) in [5.41, 5.74) is 3.47. The number of aromatic nitrogens is 3. The van der Waals surface area contributed by atoms with Gasteiger partial charge in [0.15, 0.2) is 0 Å². The van der Waals surface area contributed by atoms with Gasteiger partial charge in [-0.05, 0) is 35.0 Å². The first-order valence-corrected chi connectivity index (χ1v) is 6.49. The number of aryl methyl sites for hydroxylation is 1. The van der Waals surface area contributed by atoms with Crippen LogP contribution >= 0.6 is 15.9 Å². The molecule has 0 bridgehead atoms. The molecule has 0 radical (unpaired) electrons. The van der Waals surface area contributed by atoms with Gasteiger partial charge in [0.1, 0.15) is 4.47 Å². The summed E-state index contributed by atoms with van der Waals surface area (Å²) >= 11 is 3.20. The molecule has 1 amide bonds. The first kappa shape index (κ1) is 14.4. The molecule has 2 rings (SSSR count). The average Bonchev–Trinajstić information content (AvgIpc) is 2.48. The van der Waals surface area contributed by atoms with Crippen LogP contribution in [-0.2, 0) is 6.54 Å². The largest absolute Gasteiger partial charge is 0.292 e. The first-order chi connectivity index (χ1) is 9.52. The monoisotopic (exact) mass is 337 g/mol. The Bertz CT molecular complexity index is 696. The molecule has 0 aliphatic rings. The molecule has 0 aliphatic heterocycles. The van der Waals surface area contributed by atoms with Crippen LogP contribution in [0.15, 0.2) is 33.9 Å². The van der Waals surface area contributed by atoms with Crippen molar-refractivity contribution in [3.8, 4) is 0 Å². The van der Waals surface area contributed by atoms with Crippen LogP contribution in [-0.4, -0.2) is 20.4 Å². The zero-order valence-corrected chi connectivity index (χ0v) is 12.2. The second-order valence-electron chi connectivity index (χ2n) is 4.09. The van der Waals surface area contributed by atoms with Gasteiger partial charge in [-0.15, -0.1) is 0 Å². The number of hydrogen-bond donors (Lipinski definition) is 2. The molecule has 0 saturated carbocycles. The van der Waals surface area contributed by atoms with Gasteiger partial charge >= 0.3 is 0 Å². The number of carbonyl (C=O) groups is 1. The van der Waals surface area contributed by atoms with Gasteiger partial charge in [0, 0.05) is 6.20 Å². The quantitative estimate of drug-likeness (QED) is 0.478. The molecular formula is C12H12BrN5O2. The van der Waals surface area contributed by atoms with Gasteiger partial charge in [0.25, 0.3) is 11.5 Å². The number of amides is 1. The summed E-state index contributed by atoms with van der Waals surface area (Å²) in [6.07, 6.45) is 2.86. The normalized spacial score (nSPS) is 10.3. The van der Waals surface area contributed by atoms with Crippen molar-refractivity contribution in [2.24, 2.45) is 5.84 Å². The van der Waals surface area contributed by atoms with E-state index in [1.807, 2.05) is 5.43 Å². The van der Waals surface area contributed by atoms with E-state index >= 15 is 0 Å². The standard InChI is InChI=1S/C12H12BrN5O2/c1-7-10(13)12(20)18(6-16-7)5-9-3-2-8(4-15-9)11(19)17-14/h2-4,6H,5,14H2,1H3,(H,17,19). The fraction of sp³-hybridized carbons (Fsp3) is 0.167. The second kappa shape index (κ2) is 5.93. The molecule has 0 fully saturated rings.